The maximum absolute atomic E-state index is 5.60. The minimum absolute atomic E-state index is 0.104. The highest BCUT2D eigenvalue weighted by molar-refractivity contribution is 5.16. The minimum atomic E-state index is 0.104. The number of unbranched alkanes of at least 4 members (excludes halogenated alkanes) is 1. The summed E-state index contributed by atoms with van der Waals surface area (Å²) in [6.45, 7) is 10.8. The molecule has 1 aromatic heterocycles. The van der Waals surface area contributed by atoms with Crippen molar-refractivity contribution >= 4 is 0 Å². The van der Waals surface area contributed by atoms with Crippen LogP contribution in [0.2, 0.25) is 0 Å². The zero-order valence-corrected chi connectivity index (χ0v) is 11.5. The lowest BCUT2D eigenvalue weighted by Crippen LogP contribution is -2.35. The molecule has 0 aromatic carbocycles. The second-order valence-electron chi connectivity index (χ2n) is 5.38. The van der Waals surface area contributed by atoms with E-state index >= 15 is 0 Å². The first kappa shape index (κ1) is 14.3. The Hall–Kier alpha value is -0.800. The highest BCUT2D eigenvalue weighted by Gasteiger charge is 2.12. The Kier molecular flexibility index (Phi) is 5.72. The summed E-state index contributed by atoms with van der Waals surface area (Å²) in [7, 11) is 0. The molecule has 0 bridgehead atoms. The van der Waals surface area contributed by atoms with Gasteiger partial charge in [-0.3, -0.25) is 0 Å². The highest BCUT2D eigenvalue weighted by Crippen LogP contribution is 2.13. The van der Waals surface area contributed by atoms with Gasteiger partial charge in [0.05, 0.1) is 19.4 Å². The summed E-state index contributed by atoms with van der Waals surface area (Å²) in [5.41, 5.74) is 1.26. The summed E-state index contributed by atoms with van der Waals surface area (Å²) in [6, 6.07) is 1.99. The van der Waals surface area contributed by atoms with Crippen molar-refractivity contribution < 1.29 is 9.15 Å². The summed E-state index contributed by atoms with van der Waals surface area (Å²) in [5.74, 6) is 0.983. The van der Waals surface area contributed by atoms with Crippen molar-refractivity contribution in [2.75, 3.05) is 6.61 Å². The van der Waals surface area contributed by atoms with Gasteiger partial charge in [-0.25, -0.2) is 0 Å². The molecule has 0 unspecified atom stereocenters. The van der Waals surface area contributed by atoms with Crippen LogP contribution in [0.15, 0.2) is 16.7 Å². The smallest absolute Gasteiger partial charge is 0.123 e. The van der Waals surface area contributed by atoms with Crippen molar-refractivity contribution in [3.63, 3.8) is 0 Å². The number of hydrogen-bond donors (Lipinski definition) is 1. The molecular weight excluding hydrogens is 214 g/mol. The fourth-order valence-corrected chi connectivity index (χ4v) is 1.42. The lowest BCUT2D eigenvalue weighted by molar-refractivity contribution is 0.116. The molecule has 0 spiro atoms. The fourth-order valence-electron chi connectivity index (χ4n) is 1.42. The molecule has 0 aliphatic carbocycles. The van der Waals surface area contributed by atoms with Crippen LogP contribution in [0.3, 0.4) is 0 Å². The van der Waals surface area contributed by atoms with Crippen molar-refractivity contribution in [1.82, 2.24) is 5.32 Å². The third-order valence-corrected chi connectivity index (χ3v) is 2.52. The van der Waals surface area contributed by atoms with Gasteiger partial charge < -0.3 is 14.5 Å². The van der Waals surface area contributed by atoms with E-state index in [0.29, 0.717) is 6.61 Å². The van der Waals surface area contributed by atoms with Crippen LogP contribution in [0.1, 0.15) is 51.9 Å². The van der Waals surface area contributed by atoms with E-state index in [-0.39, 0.29) is 5.54 Å². The Morgan fingerprint density at radius 1 is 1.35 bits per heavy atom. The van der Waals surface area contributed by atoms with Crippen molar-refractivity contribution in [1.29, 1.82) is 0 Å². The van der Waals surface area contributed by atoms with E-state index in [1.54, 1.807) is 6.26 Å². The van der Waals surface area contributed by atoms with Crippen LogP contribution in [0.25, 0.3) is 0 Å². The van der Waals surface area contributed by atoms with Crippen molar-refractivity contribution in [2.45, 2.75) is 59.2 Å². The molecule has 1 rings (SSSR count). The van der Waals surface area contributed by atoms with Gasteiger partial charge in [-0.05, 0) is 33.3 Å². The molecule has 17 heavy (non-hydrogen) atoms. The number of nitrogens with one attached hydrogen (secondary N) is 1. The number of ether oxygens (including phenoxy) is 1. The van der Waals surface area contributed by atoms with Crippen molar-refractivity contribution in [2.24, 2.45) is 0 Å². The molecule has 98 valence electrons. The molecule has 0 atom stereocenters. The normalized spacial score (nSPS) is 12.0. The Morgan fingerprint density at radius 2 is 2.12 bits per heavy atom. The quantitative estimate of drug-likeness (QED) is 0.740. The van der Waals surface area contributed by atoms with Gasteiger partial charge in [0.1, 0.15) is 5.76 Å². The van der Waals surface area contributed by atoms with Gasteiger partial charge >= 0.3 is 0 Å². The average Bonchev–Trinajstić information content (AvgIpc) is 2.68. The van der Waals surface area contributed by atoms with Crippen LogP contribution < -0.4 is 5.32 Å². The summed E-state index contributed by atoms with van der Waals surface area (Å²) >= 11 is 0. The number of rotatable bonds is 7. The highest BCUT2D eigenvalue weighted by atomic mass is 16.5. The molecule has 0 saturated heterocycles. The van der Waals surface area contributed by atoms with Gasteiger partial charge in [-0.1, -0.05) is 13.3 Å². The Labute approximate surface area is 105 Å². The molecule has 3 heteroatoms. The monoisotopic (exact) mass is 239 g/mol. The van der Waals surface area contributed by atoms with E-state index < -0.39 is 0 Å². The molecule has 0 aliphatic rings. The molecule has 1 aromatic rings. The van der Waals surface area contributed by atoms with E-state index in [2.05, 4.69) is 33.0 Å². The maximum Gasteiger partial charge on any atom is 0.123 e. The van der Waals surface area contributed by atoms with E-state index in [4.69, 9.17) is 9.15 Å². The average molecular weight is 239 g/mol. The molecule has 1 N–H and O–H groups in total. The first-order valence-electron chi connectivity index (χ1n) is 6.41. The maximum atomic E-state index is 5.60. The molecule has 0 fully saturated rings. The van der Waals surface area contributed by atoms with Crippen LogP contribution in [0.5, 0.6) is 0 Å². The summed E-state index contributed by atoms with van der Waals surface area (Å²) < 4.78 is 11.1. The summed E-state index contributed by atoms with van der Waals surface area (Å²) in [6.07, 6.45) is 4.02. The van der Waals surface area contributed by atoms with Gasteiger partial charge in [0.25, 0.3) is 0 Å². The topological polar surface area (TPSA) is 34.4 Å². The number of furan rings is 1. The zero-order chi connectivity index (χ0) is 12.7. The Bertz CT molecular complexity index is 312. The van der Waals surface area contributed by atoms with E-state index in [1.807, 2.05) is 6.07 Å². The van der Waals surface area contributed by atoms with E-state index in [9.17, 15) is 0 Å². The molecule has 0 amide bonds. The molecule has 0 radical (unpaired) electrons. The second-order valence-corrected chi connectivity index (χ2v) is 5.38. The Morgan fingerprint density at radius 3 is 2.76 bits per heavy atom. The first-order valence-corrected chi connectivity index (χ1v) is 6.41. The van der Waals surface area contributed by atoms with Crippen LogP contribution >= 0.6 is 0 Å². The molecule has 0 saturated carbocycles. The van der Waals surface area contributed by atoms with Crippen molar-refractivity contribution in [3.05, 3.63) is 23.7 Å². The third kappa shape index (κ3) is 5.89. The number of hydrogen-bond acceptors (Lipinski definition) is 3. The third-order valence-electron chi connectivity index (χ3n) is 2.52. The molecular formula is C14H25NO2. The Balaban J connectivity index is 2.37. The van der Waals surface area contributed by atoms with E-state index in [0.717, 1.165) is 30.9 Å². The van der Waals surface area contributed by atoms with Gasteiger partial charge in [0.2, 0.25) is 0 Å². The SMILES string of the molecule is CCCCOCc1ccoc1CNC(C)(C)C. The van der Waals surface area contributed by atoms with Crippen LogP contribution in [-0.4, -0.2) is 12.1 Å². The standard InChI is InChI=1S/C14H25NO2/c1-5-6-8-16-11-12-7-9-17-13(12)10-15-14(2,3)4/h7,9,15H,5-6,8,10-11H2,1-4H3. The second kappa shape index (κ2) is 6.82. The summed E-state index contributed by atoms with van der Waals surface area (Å²) in [4.78, 5) is 0. The first-order chi connectivity index (χ1) is 8.03. The molecule has 0 aliphatic heterocycles. The van der Waals surface area contributed by atoms with Gasteiger partial charge in [0, 0.05) is 17.7 Å². The molecule has 1 heterocycles. The predicted molar refractivity (Wildman–Crippen MR) is 69.9 cm³/mol. The lowest BCUT2D eigenvalue weighted by atomic mass is 10.1. The lowest BCUT2D eigenvalue weighted by Gasteiger charge is -2.20. The van der Waals surface area contributed by atoms with Crippen LogP contribution in [-0.2, 0) is 17.9 Å². The van der Waals surface area contributed by atoms with Crippen LogP contribution in [0, 0.1) is 0 Å². The minimum Gasteiger partial charge on any atom is -0.468 e. The zero-order valence-electron chi connectivity index (χ0n) is 11.5. The van der Waals surface area contributed by atoms with E-state index in [1.165, 1.54) is 6.42 Å². The summed E-state index contributed by atoms with van der Waals surface area (Å²) in [5, 5.41) is 3.42. The fraction of sp³-hybridized carbons (Fsp3) is 0.714. The molecule has 3 nitrogen and oxygen atoms in total. The van der Waals surface area contributed by atoms with Gasteiger partial charge in [-0.2, -0.15) is 0 Å². The van der Waals surface area contributed by atoms with Crippen molar-refractivity contribution in [3.8, 4) is 0 Å². The predicted octanol–water partition coefficient (Wildman–Crippen LogP) is 3.48. The largest absolute Gasteiger partial charge is 0.468 e. The van der Waals surface area contributed by atoms with Gasteiger partial charge in [-0.15, -0.1) is 0 Å². The van der Waals surface area contributed by atoms with Crippen LogP contribution in [0.4, 0.5) is 0 Å². The van der Waals surface area contributed by atoms with Gasteiger partial charge in [0.15, 0.2) is 0 Å².